The van der Waals surface area contributed by atoms with Crippen molar-refractivity contribution in [3.05, 3.63) is 107 Å². The predicted octanol–water partition coefficient (Wildman–Crippen LogP) is 6.09. The van der Waals surface area contributed by atoms with Gasteiger partial charge in [0.1, 0.15) is 0 Å². The zero-order valence-electron chi connectivity index (χ0n) is 17.8. The standard InChI is InChI=1S/C26H20F3N3O/c1-17-14-18(10-11-20(17)21-7-2-3-8-22(21)26(27,28)29)25(33)32-15-19-6-5-13-31(19)16-23-24(32)9-4-12-30-23/h2-14H,15-16H2,1H3. The molecule has 0 unspecified atom stereocenters. The van der Waals surface area contributed by atoms with Gasteiger partial charge in [0.25, 0.3) is 5.91 Å². The van der Waals surface area contributed by atoms with Gasteiger partial charge in [-0.25, -0.2) is 0 Å². The van der Waals surface area contributed by atoms with E-state index in [-0.39, 0.29) is 11.5 Å². The highest BCUT2D eigenvalue weighted by Crippen LogP contribution is 2.38. The molecule has 0 bridgehead atoms. The first-order chi connectivity index (χ1) is 15.8. The molecule has 2 aromatic heterocycles. The summed E-state index contributed by atoms with van der Waals surface area (Å²) in [7, 11) is 0. The quantitative estimate of drug-likeness (QED) is 0.373. The van der Waals surface area contributed by atoms with Crippen LogP contribution in [0.15, 0.2) is 79.1 Å². The first-order valence-corrected chi connectivity index (χ1v) is 10.5. The van der Waals surface area contributed by atoms with Crippen LogP contribution in [0.4, 0.5) is 18.9 Å². The number of amides is 1. The van der Waals surface area contributed by atoms with Crippen molar-refractivity contribution in [2.24, 2.45) is 0 Å². The Morgan fingerprint density at radius 3 is 2.55 bits per heavy atom. The first kappa shape index (κ1) is 21.0. The monoisotopic (exact) mass is 447 g/mol. The molecule has 0 saturated heterocycles. The van der Waals surface area contributed by atoms with Crippen LogP contribution in [0.1, 0.15) is 32.9 Å². The second-order valence-electron chi connectivity index (χ2n) is 8.06. The number of hydrogen-bond donors (Lipinski definition) is 0. The van der Waals surface area contributed by atoms with Crippen molar-refractivity contribution in [1.29, 1.82) is 0 Å². The summed E-state index contributed by atoms with van der Waals surface area (Å²) in [5.41, 5.74) is 3.37. The average molecular weight is 447 g/mol. The molecule has 0 aliphatic carbocycles. The minimum atomic E-state index is -4.46. The van der Waals surface area contributed by atoms with Gasteiger partial charge in [-0.1, -0.05) is 24.3 Å². The SMILES string of the molecule is Cc1cc(C(=O)N2Cc3cccn3Cc3ncccc32)ccc1-c1ccccc1C(F)(F)F. The summed E-state index contributed by atoms with van der Waals surface area (Å²) in [5.74, 6) is -0.224. The van der Waals surface area contributed by atoms with E-state index in [0.717, 1.165) is 23.1 Å². The second-order valence-corrected chi connectivity index (χ2v) is 8.06. The van der Waals surface area contributed by atoms with Crippen LogP contribution in [-0.2, 0) is 19.3 Å². The van der Waals surface area contributed by atoms with Crippen molar-refractivity contribution in [1.82, 2.24) is 9.55 Å². The number of rotatable bonds is 2. The number of carbonyl (C=O) groups is 1. The smallest absolute Gasteiger partial charge is 0.344 e. The molecule has 0 spiro atoms. The van der Waals surface area contributed by atoms with E-state index >= 15 is 0 Å². The van der Waals surface area contributed by atoms with Gasteiger partial charge in [-0.2, -0.15) is 13.2 Å². The Morgan fingerprint density at radius 1 is 0.939 bits per heavy atom. The van der Waals surface area contributed by atoms with Crippen molar-refractivity contribution < 1.29 is 18.0 Å². The average Bonchev–Trinajstić information content (AvgIpc) is 3.17. The van der Waals surface area contributed by atoms with E-state index in [0.29, 0.717) is 29.8 Å². The third-order valence-electron chi connectivity index (χ3n) is 5.96. The Hall–Kier alpha value is -3.87. The van der Waals surface area contributed by atoms with Crippen LogP contribution in [0, 0.1) is 6.92 Å². The fraction of sp³-hybridized carbons (Fsp3) is 0.154. The van der Waals surface area contributed by atoms with E-state index in [2.05, 4.69) is 9.55 Å². The number of alkyl halides is 3. The molecule has 3 heterocycles. The Morgan fingerprint density at radius 2 is 1.76 bits per heavy atom. The number of carbonyl (C=O) groups excluding carboxylic acids is 1. The van der Waals surface area contributed by atoms with Crippen LogP contribution >= 0.6 is 0 Å². The number of aromatic nitrogens is 2. The van der Waals surface area contributed by atoms with Crippen LogP contribution in [0.5, 0.6) is 0 Å². The molecule has 0 saturated carbocycles. The molecule has 0 fully saturated rings. The van der Waals surface area contributed by atoms with Gasteiger partial charge in [0, 0.05) is 23.7 Å². The maximum absolute atomic E-state index is 13.6. The summed E-state index contributed by atoms with van der Waals surface area (Å²) in [6.45, 7) is 2.67. The van der Waals surface area contributed by atoms with Crippen LogP contribution in [0.3, 0.4) is 0 Å². The molecule has 1 aliphatic heterocycles. The van der Waals surface area contributed by atoms with E-state index in [4.69, 9.17) is 0 Å². The fourth-order valence-electron chi connectivity index (χ4n) is 4.35. The van der Waals surface area contributed by atoms with Gasteiger partial charge in [-0.3, -0.25) is 9.78 Å². The molecule has 166 valence electrons. The molecule has 7 heteroatoms. The van der Waals surface area contributed by atoms with E-state index in [1.54, 1.807) is 48.4 Å². The molecule has 2 aromatic carbocycles. The molecule has 0 atom stereocenters. The lowest BCUT2D eigenvalue weighted by Gasteiger charge is -2.23. The Labute approximate surface area is 188 Å². The Kier molecular flexibility index (Phi) is 5.04. The third kappa shape index (κ3) is 3.80. The van der Waals surface area contributed by atoms with Crippen molar-refractivity contribution in [3.63, 3.8) is 0 Å². The molecule has 4 nitrogen and oxygen atoms in total. The second kappa shape index (κ2) is 7.92. The molecule has 4 aromatic rings. The number of nitrogens with zero attached hydrogens (tertiary/aromatic N) is 3. The summed E-state index contributed by atoms with van der Waals surface area (Å²) in [5, 5.41) is 0. The van der Waals surface area contributed by atoms with E-state index in [9.17, 15) is 18.0 Å². The lowest BCUT2D eigenvalue weighted by molar-refractivity contribution is -0.137. The topological polar surface area (TPSA) is 38.1 Å². The maximum atomic E-state index is 13.6. The summed E-state index contributed by atoms with van der Waals surface area (Å²) >= 11 is 0. The number of hydrogen-bond acceptors (Lipinski definition) is 2. The first-order valence-electron chi connectivity index (χ1n) is 10.5. The van der Waals surface area contributed by atoms with Crippen molar-refractivity contribution >= 4 is 11.6 Å². The zero-order chi connectivity index (χ0) is 23.2. The number of anilines is 1. The predicted molar refractivity (Wildman–Crippen MR) is 120 cm³/mol. The van der Waals surface area contributed by atoms with Gasteiger partial charge in [0.2, 0.25) is 0 Å². The van der Waals surface area contributed by atoms with Gasteiger partial charge in [-0.05, 0) is 66.1 Å². The van der Waals surface area contributed by atoms with Crippen LogP contribution in [0.25, 0.3) is 11.1 Å². The summed E-state index contributed by atoms with van der Waals surface area (Å²) in [4.78, 5) is 19.7. The zero-order valence-corrected chi connectivity index (χ0v) is 17.8. The van der Waals surface area contributed by atoms with Gasteiger partial charge in [0.15, 0.2) is 0 Å². The highest BCUT2D eigenvalue weighted by Gasteiger charge is 2.33. The molecule has 33 heavy (non-hydrogen) atoms. The van der Waals surface area contributed by atoms with Crippen LogP contribution < -0.4 is 4.90 Å². The maximum Gasteiger partial charge on any atom is 0.417 e. The van der Waals surface area contributed by atoms with Gasteiger partial charge < -0.3 is 9.47 Å². The fourth-order valence-corrected chi connectivity index (χ4v) is 4.35. The molecular formula is C26H20F3N3O. The lowest BCUT2D eigenvalue weighted by Crippen LogP contribution is -2.30. The van der Waals surface area contributed by atoms with Gasteiger partial charge >= 0.3 is 6.18 Å². The number of fused-ring (bicyclic) bond motifs is 2. The highest BCUT2D eigenvalue weighted by molar-refractivity contribution is 6.06. The van der Waals surface area contributed by atoms with Crippen molar-refractivity contribution in [3.8, 4) is 11.1 Å². The molecule has 5 rings (SSSR count). The normalized spacial score (nSPS) is 13.3. The largest absolute Gasteiger partial charge is 0.417 e. The van der Waals surface area contributed by atoms with E-state index in [1.165, 1.54) is 12.1 Å². The van der Waals surface area contributed by atoms with Crippen molar-refractivity contribution in [2.75, 3.05) is 4.90 Å². The number of benzene rings is 2. The van der Waals surface area contributed by atoms with Gasteiger partial charge in [-0.15, -0.1) is 0 Å². The lowest BCUT2D eigenvalue weighted by atomic mass is 9.94. The molecular weight excluding hydrogens is 427 g/mol. The van der Waals surface area contributed by atoms with Crippen molar-refractivity contribution in [2.45, 2.75) is 26.2 Å². The Bertz CT molecular complexity index is 1360. The summed E-state index contributed by atoms with van der Waals surface area (Å²) in [6, 6.07) is 17.9. The molecule has 1 aliphatic rings. The molecule has 0 radical (unpaired) electrons. The highest BCUT2D eigenvalue weighted by atomic mass is 19.4. The number of halogens is 3. The molecule has 1 amide bonds. The van der Waals surface area contributed by atoms with Gasteiger partial charge in [0.05, 0.1) is 30.0 Å². The summed E-state index contributed by atoms with van der Waals surface area (Å²) < 4.78 is 42.6. The van der Waals surface area contributed by atoms with Crippen LogP contribution in [0.2, 0.25) is 0 Å². The van der Waals surface area contributed by atoms with E-state index < -0.39 is 11.7 Å². The third-order valence-corrected chi connectivity index (χ3v) is 5.96. The van der Waals surface area contributed by atoms with E-state index in [1.807, 2.05) is 24.4 Å². The van der Waals surface area contributed by atoms with Crippen LogP contribution in [-0.4, -0.2) is 15.5 Å². The summed E-state index contributed by atoms with van der Waals surface area (Å²) in [6.07, 6.45) is -0.805. The molecule has 0 N–H and O–H groups in total. The number of pyridine rings is 1. The Balaban J connectivity index is 1.54. The minimum absolute atomic E-state index is 0.101. The number of aryl methyl sites for hydroxylation is 1. The minimum Gasteiger partial charge on any atom is -0.344 e.